The Morgan fingerprint density at radius 3 is 0.967 bits per heavy atom. The number of rotatable bonds is 27. The molecule has 4 aromatic rings. The van der Waals surface area contributed by atoms with Crippen LogP contribution >= 0.6 is 0 Å². The van der Waals surface area contributed by atoms with E-state index in [1.54, 1.807) is 24.3 Å². The molecule has 0 aliphatic heterocycles. The molecule has 15 N–H and O–H groups in total. The first kappa shape index (κ1) is 73.0. The van der Waals surface area contributed by atoms with E-state index in [0.717, 1.165) is 0 Å². The van der Waals surface area contributed by atoms with Gasteiger partial charge in [-0.15, -0.1) is 0 Å². The molecular formula is C65H87N11O16. The molecular weight excluding hydrogens is 1190 g/mol. The average molecular weight is 1280 g/mol. The number of carbonyl (C=O) groups is 11. The lowest BCUT2D eigenvalue weighted by atomic mass is 9.90. The van der Waals surface area contributed by atoms with Gasteiger partial charge in [-0.2, -0.15) is 0 Å². The van der Waals surface area contributed by atoms with E-state index in [1.165, 1.54) is 81.4 Å². The van der Waals surface area contributed by atoms with Crippen LogP contribution in [0.1, 0.15) is 151 Å². The number of aliphatic carboxylic acids is 1. The van der Waals surface area contributed by atoms with Crippen molar-refractivity contribution in [3.8, 4) is 23.0 Å². The van der Waals surface area contributed by atoms with E-state index >= 15 is 0 Å². The summed E-state index contributed by atoms with van der Waals surface area (Å²) in [6.45, 7) is 18.2. The van der Waals surface area contributed by atoms with E-state index in [4.69, 9.17) is 20.3 Å². The zero-order valence-corrected chi connectivity index (χ0v) is 53.9. The number of anilines is 1. The smallest absolute Gasteiger partial charge is 0.325 e. The highest BCUT2D eigenvalue weighted by Gasteiger charge is 2.30. The second kappa shape index (κ2) is 33.3. The second-order valence-corrected chi connectivity index (χ2v) is 23.2. The van der Waals surface area contributed by atoms with Crippen molar-refractivity contribution in [2.24, 2.45) is 5.73 Å². The van der Waals surface area contributed by atoms with Gasteiger partial charge < -0.3 is 83.7 Å². The summed E-state index contributed by atoms with van der Waals surface area (Å²) in [6, 6.07) is 5.76. The number of hydrogen-bond donors (Lipinski definition) is 14. The molecule has 0 saturated carbocycles. The maximum absolute atomic E-state index is 14.4. The Morgan fingerprint density at radius 1 is 0.402 bits per heavy atom. The summed E-state index contributed by atoms with van der Waals surface area (Å²) in [5, 5.41) is 58.9. The average Bonchev–Trinajstić information content (AvgIpc) is 0.826. The normalized spacial score (nSPS) is 15.0. The van der Waals surface area contributed by atoms with Crippen molar-refractivity contribution >= 4 is 70.7 Å². The van der Waals surface area contributed by atoms with Crippen LogP contribution in [0.2, 0.25) is 0 Å². The summed E-state index contributed by atoms with van der Waals surface area (Å²) in [7, 11) is 0. The summed E-state index contributed by atoms with van der Waals surface area (Å²) >= 11 is 0. The van der Waals surface area contributed by atoms with E-state index in [9.17, 15) is 63.0 Å². The number of carboxylic acids is 1. The van der Waals surface area contributed by atoms with E-state index < -0.39 is 125 Å². The first-order chi connectivity index (χ1) is 43.3. The van der Waals surface area contributed by atoms with Gasteiger partial charge >= 0.3 is 5.97 Å². The van der Waals surface area contributed by atoms with Crippen molar-refractivity contribution in [3.05, 3.63) is 111 Å². The topological polar surface area (TPSA) is 413 Å². The number of ether oxygens (including phenoxy) is 2. The summed E-state index contributed by atoms with van der Waals surface area (Å²) < 4.78 is 12.9. The number of phenolic OH excluding ortho intramolecular Hbond substituents is 2. The molecule has 0 saturated heterocycles. The summed E-state index contributed by atoms with van der Waals surface area (Å²) in [4.78, 5) is 143. The van der Waals surface area contributed by atoms with E-state index in [2.05, 4.69) is 53.2 Å². The molecule has 10 amide bonds. The molecule has 0 radical (unpaired) electrons. The number of amides is 10. The number of phenols is 2. The van der Waals surface area contributed by atoms with Gasteiger partial charge in [0.1, 0.15) is 77.4 Å². The van der Waals surface area contributed by atoms with Crippen LogP contribution in [-0.2, 0) is 73.6 Å². The quantitative estimate of drug-likeness (QED) is 0.0334. The lowest BCUT2D eigenvalue weighted by Gasteiger charge is -2.23. The Kier molecular flexibility index (Phi) is 26.4. The lowest BCUT2D eigenvalue weighted by molar-refractivity contribution is -0.141. The molecule has 27 heteroatoms. The third-order valence-electron chi connectivity index (χ3n) is 15.0. The zero-order chi connectivity index (χ0) is 68.4. The second-order valence-electron chi connectivity index (χ2n) is 23.2. The number of fused-ring (bicyclic) bond motifs is 8. The molecule has 0 heterocycles. The molecule has 92 heavy (non-hydrogen) atoms. The van der Waals surface area contributed by atoms with Crippen LogP contribution < -0.4 is 68.4 Å². The Labute approximate surface area is 534 Å². The molecule has 0 spiro atoms. The maximum atomic E-state index is 14.4. The molecule has 1 aliphatic carbocycles. The summed E-state index contributed by atoms with van der Waals surface area (Å²) in [5.74, 6) is -7.62. The fourth-order valence-corrected chi connectivity index (χ4v) is 9.53. The SMILES string of the molecule is CCCOc1c2cccc1Cc1cc(C(=O)N[C@@H](C)C(=O)N[C@@H](C)C(=O)N[C@@H](C)C(=O)N[C@@H](C)C(=O)N[C@@H](C)C(=O)O)cc(c1O)Cc1cccc(c1OCCC)Cc1cc(NC(=O)C(C)NC(=O)[C@H](C)NC(=O)C(C)NC(=O)[C@H](C)NC(=O)[C@H](C)N)cc(c1O)C2. The molecule has 5 rings (SSSR count). The number of aromatic hydroxyl groups is 2. The fraction of sp³-hybridized carbons (Fsp3) is 0.462. The van der Waals surface area contributed by atoms with Crippen LogP contribution in [-0.4, -0.2) is 154 Å². The van der Waals surface area contributed by atoms with E-state index in [-0.39, 0.29) is 61.6 Å². The van der Waals surface area contributed by atoms with Gasteiger partial charge in [-0.1, -0.05) is 50.2 Å². The third-order valence-corrected chi connectivity index (χ3v) is 15.0. The Balaban J connectivity index is 1.42. The van der Waals surface area contributed by atoms with Crippen LogP contribution in [0.15, 0.2) is 60.7 Å². The monoisotopic (exact) mass is 1280 g/mol. The van der Waals surface area contributed by atoms with Gasteiger partial charge in [-0.25, -0.2) is 0 Å². The highest BCUT2D eigenvalue weighted by molar-refractivity contribution is 6.01. The third kappa shape index (κ3) is 20.1. The van der Waals surface area contributed by atoms with E-state index in [1.807, 2.05) is 38.1 Å². The Hall–Kier alpha value is -9.79. The number of nitrogens with two attached hydrogens (primary N) is 1. The first-order valence-electron chi connectivity index (χ1n) is 30.5. The first-order valence-corrected chi connectivity index (χ1v) is 30.5. The number of nitrogens with one attached hydrogen (secondary N) is 10. The molecule has 10 atom stereocenters. The van der Waals surface area contributed by atoms with Crippen LogP contribution in [0.5, 0.6) is 23.0 Å². The highest BCUT2D eigenvalue weighted by atomic mass is 16.5. The molecule has 8 bridgehead atoms. The van der Waals surface area contributed by atoms with Crippen LogP contribution in [0.4, 0.5) is 5.69 Å². The Morgan fingerprint density at radius 2 is 0.674 bits per heavy atom. The van der Waals surface area contributed by atoms with Gasteiger partial charge in [-0.05, 0) is 140 Å². The number of para-hydroxylation sites is 2. The molecule has 498 valence electrons. The summed E-state index contributed by atoms with van der Waals surface area (Å²) in [5.41, 5.74) is 9.76. The van der Waals surface area contributed by atoms with Crippen molar-refractivity contribution in [2.75, 3.05) is 18.5 Å². The standard InChI is InChI=1S/C65H87N11O16/c1-13-21-91-53-41-17-15-19-43(53)25-47-29-50(76-63(87)39(11)73-60(84)36(8)70-57(81)33(5)68-56(80)32(4)67-55(79)31(3)66)30-48(52(47)78)26-44-20-16-18-42(54(44)92-22-14-2)24-46-28-49(27-45(23-41)51(46)77)64(88)74-38(10)61(85)71-35(7)58(82)69-34(6)59(83)72-37(9)62(86)75-40(12)65(89)90/h15-20,27-40,77-78H,13-14,21-26,66H2,1-12H3,(H,67,79)(H,68,80)(H,69,82)(H,70,81)(H,71,85)(H,72,83)(H,73,84)(H,74,88)(H,75,86)(H,76,87)(H,89,90)/t31-,32-,33?,34-,35-,36-,37-,38-,39?,40-/m0/s1. The molecule has 27 nitrogen and oxygen atoms in total. The van der Waals surface area contributed by atoms with Crippen molar-refractivity contribution in [2.45, 2.75) is 182 Å². The Bertz CT molecular complexity index is 3320. The number of carboxylic acid groups (broad SMARTS) is 1. The van der Waals surface area contributed by atoms with Crippen molar-refractivity contribution in [1.29, 1.82) is 0 Å². The minimum atomic E-state index is -1.27. The van der Waals surface area contributed by atoms with Gasteiger partial charge in [0.25, 0.3) is 5.91 Å². The zero-order valence-electron chi connectivity index (χ0n) is 53.9. The van der Waals surface area contributed by atoms with Crippen LogP contribution in [0.3, 0.4) is 0 Å². The van der Waals surface area contributed by atoms with Crippen molar-refractivity contribution < 1.29 is 77.5 Å². The highest BCUT2D eigenvalue weighted by Crippen LogP contribution is 2.40. The predicted molar refractivity (Wildman–Crippen MR) is 340 cm³/mol. The maximum Gasteiger partial charge on any atom is 0.325 e. The number of carbonyl (C=O) groups excluding carboxylic acids is 10. The minimum Gasteiger partial charge on any atom is -0.507 e. The molecule has 2 unspecified atom stereocenters. The number of benzene rings is 4. The fourth-order valence-electron chi connectivity index (χ4n) is 9.53. The largest absolute Gasteiger partial charge is 0.507 e. The molecule has 4 aromatic carbocycles. The van der Waals surface area contributed by atoms with Gasteiger partial charge in [0.05, 0.1) is 19.3 Å². The van der Waals surface area contributed by atoms with Crippen molar-refractivity contribution in [3.63, 3.8) is 0 Å². The van der Waals surface area contributed by atoms with Crippen LogP contribution in [0.25, 0.3) is 0 Å². The molecule has 0 aromatic heterocycles. The van der Waals surface area contributed by atoms with Gasteiger partial charge in [0.15, 0.2) is 0 Å². The number of hydrogen-bond acceptors (Lipinski definition) is 16. The van der Waals surface area contributed by atoms with Crippen LogP contribution in [0, 0.1) is 0 Å². The van der Waals surface area contributed by atoms with Gasteiger partial charge in [0, 0.05) is 48.1 Å². The predicted octanol–water partition coefficient (Wildman–Crippen LogP) is 1.88. The van der Waals surface area contributed by atoms with Gasteiger partial charge in [0.2, 0.25) is 53.2 Å². The molecule has 1 aliphatic rings. The minimum absolute atomic E-state index is 0.0191. The molecule has 0 fully saturated rings. The van der Waals surface area contributed by atoms with E-state index in [0.29, 0.717) is 68.8 Å². The van der Waals surface area contributed by atoms with Crippen molar-refractivity contribution in [1.82, 2.24) is 47.9 Å². The van der Waals surface area contributed by atoms with Gasteiger partial charge in [-0.3, -0.25) is 52.7 Å². The lowest BCUT2D eigenvalue weighted by Crippen LogP contribution is -2.56. The summed E-state index contributed by atoms with van der Waals surface area (Å²) in [6.07, 6.45) is 1.36.